The van der Waals surface area contributed by atoms with Crippen molar-refractivity contribution < 1.29 is 9.53 Å². The number of nitrogens with two attached hydrogens (primary N) is 1. The number of nitrogen functional groups attached to an aromatic ring is 1. The van der Waals surface area contributed by atoms with E-state index >= 15 is 0 Å². The second-order valence-electron chi connectivity index (χ2n) is 2.59. The number of esters is 1. The topological polar surface area (TPSA) is 82.5 Å². The van der Waals surface area contributed by atoms with E-state index in [1.54, 1.807) is 6.92 Å². The first-order valence-electron chi connectivity index (χ1n) is 4.30. The largest absolute Gasteiger partial charge is 0.462 e. The van der Waals surface area contributed by atoms with Crippen molar-refractivity contribution in [1.82, 2.24) is 9.78 Å². The fraction of sp³-hybridized carbons (Fsp3) is 0.222. The molecule has 80 valence electrons. The normalized spacial score (nSPS) is 9.67. The van der Waals surface area contributed by atoms with Crippen molar-refractivity contribution in [1.29, 1.82) is 0 Å². The molecule has 0 amide bonds. The number of hydrogen-bond donors (Lipinski definition) is 1. The number of aromatic nitrogens is 2. The van der Waals surface area contributed by atoms with Gasteiger partial charge in [-0.2, -0.15) is 0 Å². The van der Waals surface area contributed by atoms with Gasteiger partial charge in [-0.15, -0.1) is 5.10 Å². The Balaban J connectivity index is 3.26. The molecule has 0 aliphatic rings. The summed E-state index contributed by atoms with van der Waals surface area (Å²) >= 11 is 0. The Labute approximate surface area is 87.0 Å². The highest BCUT2D eigenvalue weighted by atomic mass is 16.5. The lowest BCUT2D eigenvalue weighted by Crippen LogP contribution is -2.06. The van der Waals surface area contributed by atoms with Crippen LogP contribution in [0.15, 0.2) is 11.6 Å². The van der Waals surface area contributed by atoms with E-state index in [0.29, 0.717) is 0 Å². The van der Waals surface area contributed by atoms with E-state index in [0.717, 1.165) is 0 Å². The number of hydrogen-bond acceptors (Lipinski definition) is 5. The summed E-state index contributed by atoms with van der Waals surface area (Å²) in [4.78, 5) is 15.2. The smallest absolute Gasteiger partial charge is 0.345 e. The van der Waals surface area contributed by atoms with Gasteiger partial charge in [0.2, 0.25) is 0 Å². The van der Waals surface area contributed by atoms with Crippen molar-refractivity contribution in [3.05, 3.63) is 12.1 Å². The third-order valence-electron chi connectivity index (χ3n) is 1.71. The number of nitrogens with zero attached hydrogens (tertiary/aromatic N) is 3. The summed E-state index contributed by atoms with van der Waals surface area (Å²) in [6.45, 7) is 8.80. The van der Waals surface area contributed by atoms with Crippen LogP contribution in [-0.4, -0.2) is 29.1 Å². The van der Waals surface area contributed by atoms with Gasteiger partial charge < -0.3 is 10.5 Å². The van der Waals surface area contributed by atoms with Crippen molar-refractivity contribution >= 4 is 30.5 Å². The molecule has 1 heterocycles. The van der Waals surface area contributed by atoms with Gasteiger partial charge in [0.25, 0.3) is 0 Å². The minimum Gasteiger partial charge on any atom is -0.462 e. The van der Waals surface area contributed by atoms with Crippen molar-refractivity contribution in [2.24, 2.45) is 4.99 Å². The maximum absolute atomic E-state index is 11.5. The predicted molar refractivity (Wildman–Crippen MR) is 58.2 cm³/mol. The van der Waals surface area contributed by atoms with Crippen molar-refractivity contribution in [2.75, 3.05) is 12.3 Å². The van der Waals surface area contributed by atoms with Crippen LogP contribution < -0.4 is 5.73 Å². The Morgan fingerprint density at radius 2 is 2.47 bits per heavy atom. The van der Waals surface area contributed by atoms with Gasteiger partial charge >= 0.3 is 5.97 Å². The van der Waals surface area contributed by atoms with Gasteiger partial charge in [-0.3, -0.25) is 0 Å². The molecular weight excluding hydrogens is 196 g/mol. The molecule has 6 nitrogen and oxygen atoms in total. The zero-order chi connectivity index (χ0) is 11.4. The van der Waals surface area contributed by atoms with Crippen LogP contribution in [0.1, 0.15) is 17.3 Å². The SMILES string of the molecule is C=Cn1nc(N)c(C(=O)OCC)c1N=C. The van der Waals surface area contributed by atoms with Crippen LogP contribution >= 0.6 is 0 Å². The van der Waals surface area contributed by atoms with Crippen LogP contribution in [0.5, 0.6) is 0 Å². The third kappa shape index (κ3) is 1.88. The summed E-state index contributed by atoms with van der Waals surface area (Å²) in [5.41, 5.74) is 5.67. The summed E-state index contributed by atoms with van der Waals surface area (Å²) in [5, 5.41) is 3.85. The molecular formula is C9H12N4O2. The highest BCUT2D eigenvalue weighted by Crippen LogP contribution is 2.25. The van der Waals surface area contributed by atoms with Crippen LogP contribution in [0.3, 0.4) is 0 Å². The Hall–Kier alpha value is -2.11. The van der Waals surface area contributed by atoms with Gasteiger partial charge in [-0.25, -0.2) is 14.5 Å². The van der Waals surface area contributed by atoms with Gasteiger partial charge in [0.1, 0.15) is 5.56 Å². The third-order valence-corrected chi connectivity index (χ3v) is 1.71. The zero-order valence-corrected chi connectivity index (χ0v) is 8.43. The Bertz CT molecular complexity index is 408. The molecule has 1 aromatic rings. The van der Waals surface area contributed by atoms with E-state index in [1.807, 2.05) is 0 Å². The van der Waals surface area contributed by atoms with Crippen molar-refractivity contribution in [3.8, 4) is 0 Å². The van der Waals surface area contributed by atoms with Crippen LogP contribution in [0, 0.1) is 0 Å². The number of anilines is 1. The summed E-state index contributed by atoms with van der Waals surface area (Å²) in [7, 11) is 0. The molecule has 0 fully saturated rings. The van der Waals surface area contributed by atoms with Crippen molar-refractivity contribution in [2.45, 2.75) is 6.92 Å². The molecule has 0 saturated carbocycles. The molecule has 0 radical (unpaired) electrons. The Kier molecular flexibility index (Phi) is 3.22. The number of carbonyl (C=O) groups excluding carboxylic acids is 1. The monoisotopic (exact) mass is 208 g/mol. The molecule has 1 aromatic heterocycles. The average Bonchev–Trinajstić information content (AvgIpc) is 2.54. The van der Waals surface area contributed by atoms with Crippen LogP contribution in [0.4, 0.5) is 11.6 Å². The highest BCUT2D eigenvalue weighted by molar-refractivity contribution is 5.99. The molecule has 1 rings (SSSR count). The quantitative estimate of drug-likeness (QED) is 0.592. The molecule has 0 unspecified atom stereocenters. The van der Waals surface area contributed by atoms with Crippen LogP contribution in [0.25, 0.3) is 6.20 Å². The molecule has 6 heteroatoms. The number of rotatable bonds is 4. The molecule has 0 spiro atoms. The predicted octanol–water partition coefficient (Wildman–Crippen LogP) is 1.07. The molecule has 0 atom stereocenters. The standard InChI is InChI=1S/C9H12N4O2/c1-4-13-8(11-3)6(7(10)12-13)9(14)15-5-2/h4H,1,3,5H2,2H3,(H2,10,12). The van der Waals surface area contributed by atoms with Gasteiger partial charge in [-0.1, -0.05) is 6.58 Å². The van der Waals surface area contributed by atoms with E-state index in [9.17, 15) is 4.79 Å². The number of carbonyl (C=O) groups is 1. The Morgan fingerprint density at radius 3 is 2.93 bits per heavy atom. The van der Waals surface area contributed by atoms with E-state index in [1.165, 1.54) is 10.9 Å². The fourth-order valence-electron chi connectivity index (χ4n) is 1.12. The molecule has 0 aliphatic heterocycles. The van der Waals surface area contributed by atoms with E-state index < -0.39 is 5.97 Å². The van der Waals surface area contributed by atoms with E-state index in [2.05, 4.69) is 23.4 Å². The van der Waals surface area contributed by atoms with E-state index in [4.69, 9.17) is 10.5 Å². The van der Waals surface area contributed by atoms with Gasteiger partial charge in [-0.05, 0) is 13.6 Å². The number of ether oxygens (including phenoxy) is 1. The number of aliphatic imine (C=N–C) groups is 1. The summed E-state index contributed by atoms with van der Waals surface area (Å²) < 4.78 is 6.09. The molecule has 15 heavy (non-hydrogen) atoms. The molecule has 0 saturated heterocycles. The zero-order valence-electron chi connectivity index (χ0n) is 8.43. The summed E-state index contributed by atoms with van der Waals surface area (Å²) in [6, 6.07) is 0. The van der Waals surface area contributed by atoms with Crippen LogP contribution in [0.2, 0.25) is 0 Å². The lowest BCUT2D eigenvalue weighted by Gasteiger charge is -2.00. The molecule has 0 aromatic carbocycles. The lowest BCUT2D eigenvalue weighted by atomic mass is 10.3. The second-order valence-corrected chi connectivity index (χ2v) is 2.59. The molecule has 0 bridgehead atoms. The van der Waals surface area contributed by atoms with Gasteiger partial charge in [0, 0.05) is 6.20 Å². The first-order valence-corrected chi connectivity index (χ1v) is 4.30. The average molecular weight is 208 g/mol. The van der Waals surface area contributed by atoms with Gasteiger partial charge in [0.15, 0.2) is 11.6 Å². The molecule has 0 aliphatic carbocycles. The Morgan fingerprint density at radius 1 is 1.80 bits per heavy atom. The minimum atomic E-state index is -0.564. The summed E-state index contributed by atoms with van der Waals surface area (Å²) in [5.74, 6) is -0.276. The van der Waals surface area contributed by atoms with Gasteiger partial charge in [0.05, 0.1) is 6.61 Å². The fourth-order valence-corrected chi connectivity index (χ4v) is 1.12. The van der Waals surface area contributed by atoms with Crippen molar-refractivity contribution in [3.63, 3.8) is 0 Å². The van der Waals surface area contributed by atoms with Crippen LogP contribution in [-0.2, 0) is 4.74 Å². The van der Waals surface area contributed by atoms with E-state index in [-0.39, 0.29) is 23.8 Å². The maximum Gasteiger partial charge on any atom is 0.345 e. The first-order chi connectivity index (χ1) is 7.15. The highest BCUT2D eigenvalue weighted by Gasteiger charge is 2.21. The maximum atomic E-state index is 11.5. The lowest BCUT2D eigenvalue weighted by molar-refractivity contribution is 0.0528. The summed E-state index contributed by atoms with van der Waals surface area (Å²) in [6.07, 6.45) is 1.38. The minimum absolute atomic E-state index is 0.0516. The first kappa shape index (κ1) is 11.0. The second kappa shape index (κ2) is 4.41. The molecule has 2 N–H and O–H groups in total.